The average Bonchev–Trinajstić information content (AvgIpc) is 1.66. The van der Waals surface area contributed by atoms with Crippen LogP contribution in [0.5, 0.6) is 0 Å². The van der Waals surface area contributed by atoms with Crippen molar-refractivity contribution in [2.24, 2.45) is 0 Å². The van der Waals surface area contributed by atoms with Crippen molar-refractivity contribution in [3.63, 3.8) is 0 Å². The summed E-state index contributed by atoms with van der Waals surface area (Å²) in [6.45, 7) is 8.50. The van der Waals surface area contributed by atoms with E-state index in [-0.39, 0.29) is 131 Å². The first-order valence-electron chi connectivity index (χ1n) is 27.3. The molecule has 17 nitrogen and oxygen atoms in total. The summed E-state index contributed by atoms with van der Waals surface area (Å²) in [5, 5.41) is 65.6. The quantitative estimate of drug-likeness (QED) is 0.0265. The number of carbonyl (C=O) groups is 4. The number of rotatable bonds is 24. The van der Waals surface area contributed by atoms with Gasteiger partial charge in [-0.25, -0.2) is 8.78 Å². The third kappa shape index (κ3) is 19.3. The fourth-order valence-electron chi connectivity index (χ4n) is 10.4. The van der Waals surface area contributed by atoms with Crippen molar-refractivity contribution in [1.29, 1.82) is 0 Å². The molecular weight excluding hydrogens is 1130 g/mol. The largest absolute Gasteiger partial charge is 2.00 e. The summed E-state index contributed by atoms with van der Waals surface area (Å²) in [6.07, 6.45) is -5.01. The Labute approximate surface area is 531 Å². The monoisotopic (exact) mass is 1210 g/mol. The topological polar surface area (TPSA) is 318 Å². The number of carbonyl (C=O) groups excluding carboxylic acids is 2. The summed E-state index contributed by atoms with van der Waals surface area (Å²) < 4.78 is 32.0. The van der Waals surface area contributed by atoms with E-state index in [9.17, 15) is 48.4 Å². The van der Waals surface area contributed by atoms with Crippen molar-refractivity contribution in [3.05, 3.63) is 204 Å². The van der Waals surface area contributed by atoms with Gasteiger partial charge in [0.1, 0.15) is 11.6 Å². The minimum absolute atomic E-state index is 0. The van der Waals surface area contributed by atoms with Gasteiger partial charge in [-0.2, -0.15) is 0 Å². The van der Waals surface area contributed by atoms with Gasteiger partial charge >= 0.3 is 49.7 Å². The Morgan fingerprint density at radius 2 is 0.733 bits per heavy atom. The molecule has 2 heterocycles. The molecule has 20 heteroatoms. The maximum absolute atomic E-state index is 14.0. The number of hydrogen-bond donors (Lipinski definition) is 8. The number of benzene rings is 6. The molecule has 2 amide bonds. The Hall–Kier alpha value is -7.40. The maximum Gasteiger partial charge on any atom is 2.00 e. The van der Waals surface area contributed by atoms with Crippen molar-refractivity contribution in [1.82, 2.24) is 9.13 Å². The fourth-order valence-corrected chi connectivity index (χ4v) is 10.4. The third-order valence-corrected chi connectivity index (χ3v) is 13.9. The molecule has 456 valence electrons. The number of carboxylic acids is 2. The van der Waals surface area contributed by atoms with Crippen molar-refractivity contribution in [2.75, 3.05) is 10.6 Å². The molecule has 0 saturated carbocycles. The number of aliphatic hydroxyl groups is 4. The van der Waals surface area contributed by atoms with Gasteiger partial charge in [-0.05, 0) is 133 Å². The van der Waals surface area contributed by atoms with Gasteiger partial charge < -0.3 is 69.7 Å². The van der Waals surface area contributed by atoms with Gasteiger partial charge in [0.2, 0.25) is 0 Å². The third-order valence-electron chi connectivity index (χ3n) is 13.9. The minimum atomic E-state index is -1.18. The predicted octanol–water partition coefficient (Wildman–Crippen LogP) is 10.00. The molecule has 8 rings (SSSR count). The van der Waals surface area contributed by atoms with Crippen LogP contribution in [0.2, 0.25) is 0 Å². The van der Waals surface area contributed by atoms with Crippen LogP contribution in [0, 0.1) is 11.6 Å². The van der Waals surface area contributed by atoms with Crippen LogP contribution < -0.4 is 10.6 Å². The Balaban J connectivity index is 0.000000824. The van der Waals surface area contributed by atoms with E-state index in [0.29, 0.717) is 56.1 Å². The number of anilines is 2. The van der Waals surface area contributed by atoms with Crippen LogP contribution in [-0.4, -0.2) is 142 Å². The van der Waals surface area contributed by atoms with E-state index in [2.05, 4.69) is 10.6 Å². The normalized spacial score (nSPS) is 12.1. The molecule has 0 aliphatic carbocycles. The summed E-state index contributed by atoms with van der Waals surface area (Å²) in [5.41, 5.74) is 9.55. The van der Waals surface area contributed by atoms with E-state index in [1.165, 1.54) is 24.3 Å². The number of para-hydroxylation sites is 2. The Morgan fingerprint density at radius 3 is 1.01 bits per heavy atom. The van der Waals surface area contributed by atoms with Gasteiger partial charge in [0, 0.05) is 47.0 Å². The molecule has 86 heavy (non-hydrogen) atoms. The second-order valence-corrected chi connectivity index (χ2v) is 20.8. The van der Waals surface area contributed by atoms with E-state index >= 15 is 0 Å². The number of hydrogen-bond acceptors (Lipinski definition) is 8. The molecule has 6 aromatic carbocycles. The summed E-state index contributed by atoms with van der Waals surface area (Å²) in [5.74, 6) is -3.87. The number of amides is 2. The number of aliphatic hydroxyl groups excluding tert-OH is 4. The van der Waals surface area contributed by atoms with E-state index < -0.39 is 49.2 Å². The van der Waals surface area contributed by atoms with Gasteiger partial charge in [-0.15, -0.1) is 0 Å². The van der Waals surface area contributed by atoms with E-state index in [1.807, 2.05) is 158 Å². The first-order valence-corrected chi connectivity index (χ1v) is 27.3. The first-order chi connectivity index (χ1) is 39.3. The van der Waals surface area contributed by atoms with Crippen LogP contribution in [0.3, 0.4) is 0 Å². The number of nitrogens with one attached hydrogen (secondary N) is 2. The van der Waals surface area contributed by atoms with Crippen molar-refractivity contribution < 1.29 is 77.9 Å². The van der Waals surface area contributed by atoms with Gasteiger partial charge in [0.05, 0.1) is 59.8 Å². The summed E-state index contributed by atoms with van der Waals surface area (Å²) in [6, 6.07) is 49.6. The molecule has 0 unspecified atom stereocenters. The van der Waals surface area contributed by atoms with Crippen LogP contribution in [0.25, 0.3) is 44.8 Å². The van der Waals surface area contributed by atoms with Crippen LogP contribution >= 0.6 is 0 Å². The van der Waals surface area contributed by atoms with Crippen LogP contribution in [0.4, 0.5) is 20.2 Å². The van der Waals surface area contributed by atoms with Crippen LogP contribution in [0.15, 0.2) is 170 Å². The number of nitrogens with zero attached hydrogens (tertiary/aromatic N) is 2. The number of aromatic nitrogens is 2. The molecule has 14 N–H and O–H groups in total. The number of carboxylic acid groups (broad SMARTS) is 2. The van der Waals surface area contributed by atoms with Gasteiger partial charge in [0.25, 0.3) is 11.8 Å². The van der Waals surface area contributed by atoms with Gasteiger partial charge in [-0.3, -0.25) is 19.2 Å². The zero-order valence-corrected chi connectivity index (χ0v) is 50.7. The smallest absolute Gasteiger partial charge is 1.00 e. The number of aliphatic carboxylic acids is 2. The summed E-state index contributed by atoms with van der Waals surface area (Å²) >= 11 is 0. The second kappa shape index (κ2) is 34.7. The minimum Gasteiger partial charge on any atom is -1.00 e. The average molecular weight is 1210 g/mol. The fraction of sp³-hybridized carbons (Fsp3) is 0.273. The Kier molecular flexibility index (Phi) is 29.4. The first kappa shape index (κ1) is 72.9. The predicted molar refractivity (Wildman–Crippen MR) is 333 cm³/mol. The second-order valence-electron chi connectivity index (χ2n) is 20.8. The maximum atomic E-state index is 14.0. The molecule has 2 aromatic heterocycles. The van der Waals surface area contributed by atoms with E-state index in [0.717, 1.165) is 22.5 Å². The van der Waals surface area contributed by atoms with Crippen LogP contribution in [0.1, 0.15) is 113 Å². The molecule has 0 saturated heterocycles. The number of halogens is 2. The van der Waals surface area contributed by atoms with E-state index in [1.54, 1.807) is 24.3 Å². The molecule has 0 fully saturated rings. The molecule has 0 radical (unpaired) electrons. The van der Waals surface area contributed by atoms with Gasteiger partial charge in [0.15, 0.2) is 0 Å². The molecule has 0 aliphatic rings. The standard InChI is InChI=1S/2C33H35FN2O5.Ca.3H2O.2H/c2*1-21(2)31-30(33(41)35-25-11-7-4-8-12-25)29(22-9-5-3-6-10-22)32(23-13-15-24(34)16-14-23)36(31)18-17-26(37)19-27(38)20-28(39)40;;;;;;/h2*3-16,21,26-27,37-38H,17-20H2,1-2H3,(H,35,41)(H,39,40);;3*1H2;;/q;;+2;;;;2*-1/t2*26-,27-;;;;;;/m11....../s1. The zero-order chi connectivity index (χ0) is 59.0. The molecule has 0 bridgehead atoms. The van der Waals surface area contributed by atoms with E-state index in [4.69, 9.17) is 10.2 Å². The summed E-state index contributed by atoms with van der Waals surface area (Å²) in [4.78, 5) is 50.0. The molecular formula is C66H78CaF2N4O13. The zero-order valence-electron chi connectivity index (χ0n) is 50.5. The SMILES string of the molecule is CC(C)c1c(C(=O)Nc2ccccc2)c(-c2ccccc2)c(-c2ccc(F)cc2)n1CC[C@@H](O)C[C@@H](O)CC(=O)O.CC(C)c1c(C(=O)Nc2ccccc2)c(-c2ccccc2)c(-c2ccc(F)cc2)n1CC[C@@H](O)C[C@@H](O)CC(=O)O.O.O.O.[Ca+2].[H-].[H-]. The molecule has 8 aromatic rings. The van der Waals surface area contributed by atoms with Crippen molar-refractivity contribution in [3.8, 4) is 44.8 Å². The van der Waals surface area contributed by atoms with Crippen molar-refractivity contribution in [2.45, 2.75) is 116 Å². The van der Waals surface area contributed by atoms with Gasteiger partial charge in [-0.1, -0.05) is 125 Å². The molecule has 4 atom stereocenters. The Morgan fingerprint density at radius 1 is 0.442 bits per heavy atom. The summed E-state index contributed by atoms with van der Waals surface area (Å²) in [7, 11) is 0. The Bertz CT molecular complexity index is 3190. The van der Waals surface area contributed by atoms with Crippen molar-refractivity contribution >= 4 is 72.9 Å². The molecule has 0 aliphatic heterocycles. The van der Waals surface area contributed by atoms with Crippen LogP contribution in [-0.2, 0) is 22.7 Å². The molecule has 0 spiro atoms.